The number of hydrogen-bond donors (Lipinski definition) is 2. The van der Waals surface area contributed by atoms with Crippen LogP contribution < -0.4 is 11.1 Å². The van der Waals surface area contributed by atoms with Gasteiger partial charge in [0.1, 0.15) is 0 Å². The molecular formula is C15H30N4O. The van der Waals surface area contributed by atoms with Gasteiger partial charge in [-0.15, -0.1) is 0 Å². The molecule has 2 aliphatic heterocycles. The molecule has 2 aliphatic rings. The summed E-state index contributed by atoms with van der Waals surface area (Å²) in [5, 5.41) is 3.40. The van der Waals surface area contributed by atoms with E-state index in [1.165, 1.54) is 0 Å². The zero-order chi connectivity index (χ0) is 14.8. The Hall–Kier alpha value is -0.650. The van der Waals surface area contributed by atoms with Crippen molar-refractivity contribution >= 4 is 5.91 Å². The summed E-state index contributed by atoms with van der Waals surface area (Å²) in [4.78, 5) is 16.8. The number of nitrogens with two attached hydrogens (primary N) is 1. The lowest BCUT2D eigenvalue weighted by atomic mass is 9.84. The first-order chi connectivity index (χ1) is 9.44. The minimum Gasteiger partial charge on any atom is -0.368 e. The molecule has 0 aromatic rings. The van der Waals surface area contributed by atoms with Gasteiger partial charge in [-0.1, -0.05) is 0 Å². The van der Waals surface area contributed by atoms with Crippen molar-refractivity contribution in [1.82, 2.24) is 15.1 Å². The predicted molar refractivity (Wildman–Crippen MR) is 81.5 cm³/mol. The van der Waals surface area contributed by atoms with Crippen LogP contribution in [0, 0.1) is 0 Å². The molecule has 20 heavy (non-hydrogen) atoms. The molecule has 0 aromatic carbocycles. The number of piperidine rings is 1. The quantitative estimate of drug-likeness (QED) is 0.783. The lowest BCUT2D eigenvalue weighted by Gasteiger charge is -2.45. The number of nitrogens with one attached hydrogen (secondary N) is 1. The van der Waals surface area contributed by atoms with Gasteiger partial charge in [-0.05, 0) is 53.1 Å². The van der Waals surface area contributed by atoms with Gasteiger partial charge in [0.05, 0.1) is 5.54 Å². The average Bonchev–Trinajstić information content (AvgIpc) is 2.38. The van der Waals surface area contributed by atoms with Gasteiger partial charge in [0.15, 0.2) is 0 Å². The Kier molecular flexibility index (Phi) is 5.04. The molecule has 3 N–H and O–H groups in total. The van der Waals surface area contributed by atoms with E-state index in [0.717, 1.165) is 51.9 Å². The Morgan fingerprint density at radius 2 is 1.95 bits per heavy atom. The average molecular weight is 282 g/mol. The zero-order valence-electron chi connectivity index (χ0n) is 13.2. The first-order valence-electron chi connectivity index (χ1n) is 7.94. The molecular weight excluding hydrogens is 252 g/mol. The smallest absolute Gasteiger partial charge is 0.237 e. The summed E-state index contributed by atoms with van der Waals surface area (Å²) in [7, 11) is 2.18. The third-order valence-electron chi connectivity index (χ3n) is 5.05. The van der Waals surface area contributed by atoms with Crippen LogP contribution in [0.15, 0.2) is 0 Å². The van der Waals surface area contributed by atoms with Crippen molar-refractivity contribution in [3.05, 3.63) is 0 Å². The molecule has 5 heteroatoms. The van der Waals surface area contributed by atoms with E-state index in [1.54, 1.807) is 0 Å². The Balaban J connectivity index is 1.96. The van der Waals surface area contributed by atoms with Gasteiger partial charge in [-0.25, -0.2) is 0 Å². The molecule has 2 rings (SSSR count). The number of rotatable bonds is 4. The maximum atomic E-state index is 11.9. The van der Waals surface area contributed by atoms with Crippen LogP contribution in [0.3, 0.4) is 0 Å². The number of hydrogen-bond acceptors (Lipinski definition) is 4. The van der Waals surface area contributed by atoms with Gasteiger partial charge in [0, 0.05) is 31.7 Å². The molecule has 1 amide bonds. The molecule has 2 heterocycles. The first kappa shape index (κ1) is 15.7. The number of likely N-dealkylation sites (N-methyl/N-ethyl adjacent to an activating group) is 1. The number of carbonyl (C=O) groups is 1. The van der Waals surface area contributed by atoms with Gasteiger partial charge < -0.3 is 16.0 Å². The van der Waals surface area contributed by atoms with E-state index in [-0.39, 0.29) is 5.91 Å². The second-order valence-electron chi connectivity index (χ2n) is 6.74. The van der Waals surface area contributed by atoms with Gasteiger partial charge in [0.2, 0.25) is 5.91 Å². The molecule has 116 valence electrons. The molecule has 2 saturated heterocycles. The number of piperazine rings is 1. The van der Waals surface area contributed by atoms with E-state index in [0.29, 0.717) is 12.1 Å². The molecule has 1 unspecified atom stereocenters. The minimum absolute atomic E-state index is 0.174. The monoisotopic (exact) mass is 282 g/mol. The van der Waals surface area contributed by atoms with Crippen molar-refractivity contribution in [2.45, 2.75) is 57.2 Å². The van der Waals surface area contributed by atoms with Crippen molar-refractivity contribution in [1.29, 1.82) is 0 Å². The number of carbonyl (C=O) groups excluding carboxylic acids is 1. The van der Waals surface area contributed by atoms with E-state index < -0.39 is 5.54 Å². The van der Waals surface area contributed by atoms with Crippen molar-refractivity contribution < 1.29 is 4.79 Å². The Bertz CT molecular complexity index is 329. The third-order valence-corrected chi connectivity index (χ3v) is 5.05. The summed E-state index contributed by atoms with van der Waals surface area (Å²) < 4.78 is 0. The van der Waals surface area contributed by atoms with E-state index in [2.05, 4.69) is 36.0 Å². The van der Waals surface area contributed by atoms with Gasteiger partial charge >= 0.3 is 0 Å². The zero-order valence-corrected chi connectivity index (χ0v) is 13.2. The van der Waals surface area contributed by atoms with Crippen LogP contribution in [0.5, 0.6) is 0 Å². The van der Waals surface area contributed by atoms with Crippen LogP contribution in [0.2, 0.25) is 0 Å². The van der Waals surface area contributed by atoms with Crippen LogP contribution in [0.1, 0.15) is 39.5 Å². The summed E-state index contributed by atoms with van der Waals surface area (Å²) in [5.74, 6) is -0.174. The Morgan fingerprint density at radius 3 is 2.45 bits per heavy atom. The maximum absolute atomic E-state index is 11.9. The lowest BCUT2D eigenvalue weighted by Crippen LogP contribution is -2.61. The molecule has 2 fully saturated rings. The highest BCUT2D eigenvalue weighted by atomic mass is 16.1. The normalized spacial score (nSPS) is 37.0. The maximum Gasteiger partial charge on any atom is 0.237 e. The molecule has 0 spiro atoms. The van der Waals surface area contributed by atoms with Crippen LogP contribution in [-0.2, 0) is 4.79 Å². The highest BCUT2D eigenvalue weighted by molar-refractivity contribution is 5.84. The molecule has 0 saturated carbocycles. The topological polar surface area (TPSA) is 61.6 Å². The second-order valence-corrected chi connectivity index (χ2v) is 6.74. The summed E-state index contributed by atoms with van der Waals surface area (Å²) >= 11 is 0. The van der Waals surface area contributed by atoms with E-state index in [1.807, 2.05) is 0 Å². The van der Waals surface area contributed by atoms with Crippen molar-refractivity contribution in [3.63, 3.8) is 0 Å². The molecule has 0 aliphatic carbocycles. The van der Waals surface area contributed by atoms with E-state index in [9.17, 15) is 4.79 Å². The Labute approximate surface area is 122 Å². The van der Waals surface area contributed by atoms with Crippen molar-refractivity contribution in [2.75, 3.05) is 33.2 Å². The molecule has 5 nitrogen and oxygen atoms in total. The molecule has 3 atom stereocenters. The predicted octanol–water partition coefficient (Wildman–Crippen LogP) is 0.399. The number of amides is 1. The first-order valence-corrected chi connectivity index (χ1v) is 7.94. The number of primary amides is 1. The van der Waals surface area contributed by atoms with Gasteiger partial charge in [-0.2, -0.15) is 0 Å². The van der Waals surface area contributed by atoms with Gasteiger partial charge in [0.25, 0.3) is 0 Å². The molecule has 0 radical (unpaired) electrons. The second kappa shape index (κ2) is 6.41. The minimum atomic E-state index is -0.471. The van der Waals surface area contributed by atoms with Crippen molar-refractivity contribution in [2.24, 2.45) is 5.73 Å². The number of nitrogens with zero attached hydrogens (tertiary/aromatic N) is 2. The van der Waals surface area contributed by atoms with E-state index in [4.69, 9.17) is 5.73 Å². The standard InChI is InChI=1S/C15H30N4O/c1-12-10-18(3)11-13(2)19(12)9-7-15(14(16)20)6-4-5-8-17-15/h12-13,17H,4-11H2,1-3H3,(H2,16,20)/t12-,13+,15?. The fraction of sp³-hybridized carbons (Fsp3) is 0.933. The summed E-state index contributed by atoms with van der Waals surface area (Å²) in [6, 6.07) is 1.08. The summed E-state index contributed by atoms with van der Waals surface area (Å²) in [6.45, 7) is 8.61. The van der Waals surface area contributed by atoms with Crippen LogP contribution in [0.4, 0.5) is 0 Å². The van der Waals surface area contributed by atoms with Crippen LogP contribution in [-0.4, -0.2) is 66.6 Å². The summed E-state index contributed by atoms with van der Waals surface area (Å²) in [6.07, 6.45) is 3.97. The highest BCUT2D eigenvalue weighted by Gasteiger charge is 2.39. The van der Waals surface area contributed by atoms with Crippen LogP contribution in [0.25, 0.3) is 0 Å². The lowest BCUT2D eigenvalue weighted by molar-refractivity contribution is -0.126. The Morgan fingerprint density at radius 1 is 1.30 bits per heavy atom. The SMILES string of the molecule is C[C@@H]1CN(C)C[C@H](C)N1CCC1(C(N)=O)CCCCN1. The van der Waals surface area contributed by atoms with Crippen LogP contribution >= 0.6 is 0 Å². The summed E-state index contributed by atoms with van der Waals surface area (Å²) in [5.41, 5.74) is 5.21. The molecule has 0 bridgehead atoms. The highest BCUT2D eigenvalue weighted by Crippen LogP contribution is 2.25. The van der Waals surface area contributed by atoms with E-state index >= 15 is 0 Å². The largest absolute Gasteiger partial charge is 0.368 e. The fourth-order valence-electron chi connectivity index (χ4n) is 3.90. The molecule has 0 aromatic heterocycles. The third kappa shape index (κ3) is 3.32. The van der Waals surface area contributed by atoms with Gasteiger partial charge in [-0.3, -0.25) is 9.69 Å². The fourth-order valence-corrected chi connectivity index (χ4v) is 3.90. The van der Waals surface area contributed by atoms with Crippen molar-refractivity contribution in [3.8, 4) is 0 Å².